The first-order valence-corrected chi connectivity index (χ1v) is 18.6. The van der Waals surface area contributed by atoms with Crippen LogP contribution in [0.5, 0.6) is 0 Å². The van der Waals surface area contributed by atoms with Crippen LogP contribution in [0.1, 0.15) is 0 Å². The highest BCUT2D eigenvalue weighted by Gasteiger charge is 2.30. The molecule has 0 radical (unpaired) electrons. The minimum Gasteiger partial charge on any atom is -0.309 e. The summed E-state index contributed by atoms with van der Waals surface area (Å²) in [5.41, 5.74) is 4.47. The number of hydrogen-bond acceptors (Lipinski definition) is 4. The minimum atomic E-state index is -3.07. The van der Waals surface area contributed by atoms with Crippen molar-refractivity contribution in [1.29, 1.82) is 0 Å². The van der Waals surface area contributed by atoms with Crippen LogP contribution in [-0.2, 0) is 4.57 Å². The van der Waals surface area contributed by atoms with Gasteiger partial charge in [0.05, 0.1) is 5.69 Å². The van der Waals surface area contributed by atoms with Gasteiger partial charge >= 0.3 is 0 Å². The van der Waals surface area contributed by atoms with Crippen molar-refractivity contribution in [3.63, 3.8) is 0 Å². The third-order valence-electron chi connectivity index (χ3n) is 8.82. The number of benzene rings is 6. The lowest BCUT2D eigenvalue weighted by atomic mass is 10.00. The Hall–Kier alpha value is -4.86. The van der Waals surface area contributed by atoms with E-state index in [2.05, 4.69) is 83.8 Å². The lowest BCUT2D eigenvalue weighted by molar-refractivity contribution is 0.592. The molecule has 0 aliphatic heterocycles. The van der Waals surface area contributed by atoms with Crippen LogP contribution in [0.15, 0.2) is 158 Å². The molecule has 0 saturated carbocycles. The van der Waals surface area contributed by atoms with Crippen LogP contribution in [0, 0.1) is 0 Å². The number of aromatic nitrogens is 1. The van der Waals surface area contributed by atoms with E-state index in [0.717, 1.165) is 32.6 Å². The van der Waals surface area contributed by atoms with E-state index in [1.165, 1.54) is 46.1 Å². The number of nitrogens with zero attached hydrogens (tertiary/aromatic N) is 1. The molecule has 3 heterocycles. The van der Waals surface area contributed by atoms with E-state index < -0.39 is 7.14 Å². The first-order valence-electron chi connectivity index (χ1n) is 15.2. The van der Waals surface area contributed by atoms with E-state index in [9.17, 15) is 0 Å². The molecule has 2 nitrogen and oxygen atoms in total. The van der Waals surface area contributed by atoms with Crippen LogP contribution in [0.2, 0.25) is 0 Å². The van der Waals surface area contributed by atoms with Crippen molar-refractivity contribution in [2.45, 2.75) is 0 Å². The van der Waals surface area contributed by atoms with Crippen LogP contribution in [0.4, 0.5) is 0 Å². The Balaban J connectivity index is 1.19. The van der Waals surface area contributed by atoms with Crippen molar-refractivity contribution in [3.05, 3.63) is 158 Å². The summed E-state index contributed by atoms with van der Waals surface area (Å²) in [6.45, 7) is 0. The van der Waals surface area contributed by atoms with Gasteiger partial charge in [-0.15, -0.1) is 22.7 Å². The normalized spacial score (nSPS) is 12.0. The molecule has 0 bridgehead atoms. The van der Waals surface area contributed by atoms with Gasteiger partial charge in [-0.3, -0.25) is 4.98 Å². The zero-order chi connectivity index (χ0) is 30.7. The Bertz CT molecular complexity index is 2560. The highest BCUT2D eigenvalue weighted by molar-refractivity contribution is 7.85. The lowest BCUT2D eigenvalue weighted by Crippen LogP contribution is -2.24. The summed E-state index contributed by atoms with van der Waals surface area (Å²) in [4.78, 5) is 4.58. The SMILES string of the molecule is O=P(c1ccccc1)(c1ccccc1)c1ccc2sc3ccc(-c4ccc5sc6ccc(-c7ccccn7)cc6c5c4)cc3c2c1. The van der Waals surface area contributed by atoms with E-state index in [0.29, 0.717) is 0 Å². The first-order chi connectivity index (χ1) is 22.6. The molecule has 0 fully saturated rings. The van der Waals surface area contributed by atoms with Gasteiger partial charge in [-0.1, -0.05) is 84.9 Å². The van der Waals surface area contributed by atoms with Gasteiger partial charge in [0.25, 0.3) is 0 Å². The van der Waals surface area contributed by atoms with E-state index in [1.807, 2.05) is 90.3 Å². The molecule has 0 amide bonds. The molecule has 5 heteroatoms. The van der Waals surface area contributed by atoms with Gasteiger partial charge in [0.15, 0.2) is 7.14 Å². The van der Waals surface area contributed by atoms with Crippen molar-refractivity contribution < 1.29 is 4.57 Å². The second-order valence-corrected chi connectivity index (χ2v) is 16.4. The zero-order valence-corrected chi connectivity index (χ0v) is 27.2. The third kappa shape index (κ3) is 4.45. The highest BCUT2D eigenvalue weighted by atomic mass is 32.1. The smallest absolute Gasteiger partial charge is 0.171 e. The standard InChI is InChI=1S/C41H26NOPS2/c43-44(30-9-3-1-4-10-30,31-11-5-2-6-12-31)32-17-21-41-36(26-32)34-24-28(15-19-39(34)46-41)27-14-18-38-33(23-27)35-25-29(16-20-40(35)45-38)37-13-7-8-22-42-37/h1-26H. The Kier molecular flexibility index (Phi) is 6.50. The van der Waals surface area contributed by atoms with Gasteiger partial charge in [0.1, 0.15) is 0 Å². The average Bonchev–Trinajstić information content (AvgIpc) is 3.69. The number of rotatable bonds is 5. The maximum Gasteiger partial charge on any atom is 0.171 e. The maximum absolute atomic E-state index is 15.1. The quantitative estimate of drug-likeness (QED) is 0.175. The third-order valence-corrected chi connectivity index (χ3v) is 14.2. The summed E-state index contributed by atoms with van der Waals surface area (Å²) >= 11 is 3.62. The number of pyridine rings is 1. The van der Waals surface area contributed by atoms with Gasteiger partial charge in [-0.2, -0.15) is 0 Å². The Morgan fingerprint density at radius 3 is 1.39 bits per heavy atom. The first kappa shape index (κ1) is 27.5. The average molecular weight is 644 g/mol. The van der Waals surface area contributed by atoms with Crippen molar-refractivity contribution in [3.8, 4) is 22.4 Å². The fraction of sp³-hybridized carbons (Fsp3) is 0. The summed E-state index contributed by atoms with van der Waals surface area (Å²) in [6, 6.07) is 52.5. The van der Waals surface area contributed by atoms with Gasteiger partial charge < -0.3 is 4.57 Å². The van der Waals surface area contributed by atoms with Crippen LogP contribution >= 0.6 is 29.8 Å². The molecular weight excluding hydrogens is 618 g/mol. The van der Waals surface area contributed by atoms with Crippen molar-refractivity contribution >= 4 is 86.1 Å². The largest absolute Gasteiger partial charge is 0.309 e. The van der Waals surface area contributed by atoms with Gasteiger partial charge in [-0.25, -0.2) is 0 Å². The summed E-state index contributed by atoms with van der Waals surface area (Å²) < 4.78 is 20.1. The number of fused-ring (bicyclic) bond motifs is 6. The highest BCUT2D eigenvalue weighted by Crippen LogP contribution is 2.45. The molecule has 0 atom stereocenters. The summed E-state index contributed by atoms with van der Waals surface area (Å²) in [5.74, 6) is 0. The molecule has 9 aromatic rings. The van der Waals surface area contributed by atoms with E-state index >= 15 is 4.57 Å². The number of thiophene rings is 2. The predicted octanol–water partition coefficient (Wildman–Crippen LogP) is 10.8. The Morgan fingerprint density at radius 2 is 0.870 bits per heavy atom. The van der Waals surface area contributed by atoms with Gasteiger partial charge in [-0.05, 0) is 77.9 Å². The second-order valence-electron chi connectivity index (χ2n) is 11.5. The molecular formula is C41H26NOPS2. The molecule has 0 spiro atoms. The molecule has 0 N–H and O–H groups in total. The van der Waals surface area contributed by atoms with E-state index in [1.54, 1.807) is 11.3 Å². The maximum atomic E-state index is 15.1. The molecule has 6 aromatic carbocycles. The van der Waals surface area contributed by atoms with Gasteiger partial charge in [0.2, 0.25) is 0 Å². The Labute approximate surface area is 274 Å². The fourth-order valence-electron chi connectivity index (χ4n) is 6.51. The molecule has 3 aromatic heterocycles. The molecule has 0 unspecified atom stereocenters. The molecule has 0 aliphatic rings. The van der Waals surface area contributed by atoms with Crippen LogP contribution in [-0.4, -0.2) is 4.98 Å². The Morgan fingerprint density at radius 1 is 0.413 bits per heavy atom. The van der Waals surface area contributed by atoms with Gasteiger partial charge in [0, 0.05) is 68.0 Å². The monoisotopic (exact) mass is 643 g/mol. The lowest BCUT2D eigenvalue weighted by Gasteiger charge is -2.20. The molecule has 0 aliphatic carbocycles. The van der Waals surface area contributed by atoms with Crippen molar-refractivity contribution in [2.75, 3.05) is 0 Å². The van der Waals surface area contributed by atoms with Crippen molar-refractivity contribution in [1.82, 2.24) is 4.98 Å². The minimum absolute atomic E-state index is 0.850. The summed E-state index contributed by atoms with van der Waals surface area (Å²) in [7, 11) is -3.07. The molecule has 9 rings (SSSR count). The summed E-state index contributed by atoms with van der Waals surface area (Å²) in [6.07, 6.45) is 1.85. The van der Waals surface area contributed by atoms with Crippen LogP contribution in [0.25, 0.3) is 62.7 Å². The van der Waals surface area contributed by atoms with E-state index in [-0.39, 0.29) is 0 Å². The predicted molar refractivity (Wildman–Crippen MR) is 200 cm³/mol. The van der Waals surface area contributed by atoms with Crippen molar-refractivity contribution in [2.24, 2.45) is 0 Å². The van der Waals surface area contributed by atoms with Crippen LogP contribution in [0.3, 0.4) is 0 Å². The second kappa shape index (κ2) is 10.9. The summed E-state index contributed by atoms with van der Waals surface area (Å²) in [5, 5.41) is 7.42. The zero-order valence-electron chi connectivity index (χ0n) is 24.6. The van der Waals surface area contributed by atoms with Crippen LogP contribution < -0.4 is 15.9 Å². The molecule has 218 valence electrons. The topological polar surface area (TPSA) is 30.0 Å². The molecule has 46 heavy (non-hydrogen) atoms. The number of hydrogen-bond donors (Lipinski definition) is 0. The molecule has 0 saturated heterocycles. The van der Waals surface area contributed by atoms with E-state index in [4.69, 9.17) is 0 Å². The fourth-order valence-corrected chi connectivity index (χ4v) is 11.3.